The number of hydrogen-bond donors (Lipinski definition) is 1. The minimum atomic E-state index is -0.290. The van der Waals surface area contributed by atoms with Crippen LogP contribution in [0.1, 0.15) is 11.1 Å². The molecule has 4 aromatic rings. The van der Waals surface area contributed by atoms with Crippen molar-refractivity contribution in [3.63, 3.8) is 0 Å². The molecule has 8 heteroatoms. The zero-order chi connectivity index (χ0) is 22.5. The number of para-hydroxylation sites is 2. The molecule has 0 radical (unpaired) electrons. The topological polar surface area (TPSA) is 76.3 Å². The molecule has 0 fully saturated rings. The molecule has 0 saturated carbocycles. The number of carbonyl (C=O) groups is 1. The molecule has 4 rings (SSSR count). The molecule has 0 unspecified atom stereocenters. The molecule has 1 amide bonds. The van der Waals surface area contributed by atoms with Crippen LogP contribution in [-0.4, -0.2) is 27.4 Å². The first-order chi connectivity index (χ1) is 15.5. The third-order valence-electron chi connectivity index (χ3n) is 4.71. The number of hydrazone groups is 1. The first kappa shape index (κ1) is 22.0. The molecule has 1 N–H and O–H groups in total. The smallest absolute Gasteiger partial charge is 0.266 e. The van der Waals surface area contributed by atoms with Crippen LogP contribution in [0.4, 0.5) is 0 Å². The molecule has 3 aromatic carbocycles. The number of fused-ring (bicyclic) bond motifs is 1. The lowest BCUT2D eigenvalue weighted by Gasteiger charge is -2.14. The minimum absolute atomic E-state index is 0.0638. The molecule has 0 aliphatic carbocycles. The molecule has 0 atom stereocenters. The van der Waals surface area contributed by atoms with Gasteiger partial charge in [-0.3, -0.25) is 14.2 Å². The van der Waals surface area contributed by atoms with Gasteiger partial charge in [-0.05, 0) is 48.4 Å². The lowest BCUT2D eigenvalue weighted by Crippen LogP contribution is -2.24. The largest absolute Gasteiger partial charge is 0.272 e. The fourth-order valence-corrected chi connectivity index (χ4v) is 4.19. The number of hydrogen-bond acceptors (Lipinski definition) is 5. The van der Waals surface area contributed by atoms with Gasteiger partial charge in [0.05, 0.1) is 28.6 Å². The van der Waals surface area contributed by atoms with Gasteiger partial charge in [-0.2, -0.15) is 5.10 Å². The summed E-state index contributed by atoms with van der Waals surface area (Å²) in [5, 5.41) is 4.99. The van der Waals surface area contributed by atoms with Gasteiger partial charge in [-0.25, -0.2) is 10.4 Å². The normalized spacial score (nSPS) is 11.2. The van der Waals surface area contributed by atoms with Crippen LogP contribution in [0.25, 0.3) is 16.6 Å². The highest BCUT2D eigenvalue weighted by molar-refractivity contribution is 9.10. The van der Waals surface area contributed by atoms with Crippen LogP contribution < -0.4 is 11.0 Å². The van der Waals surface area contributed by atoms with Crippen LogP contribution in [0.5, 0.6) is 0 Å². The predicted molar refractivity (Wildman–Crippen MR) is 133 cm³/mol. The minimum Gasteiger partial charge on any atom is -0.272 e. The van der Waals surface area contributed by atoms with E-state index in [0.717, 1.165) is 21.3 Å². The summed E-state index contributed by atoms with van der Waals surface area (Å²) in [6, 6.07) is 22.4. The fourth-order valence-electron chi connectivity index (χ4n) is 3.13. The third kappa shape index (κ3) is 4.98. The number of benzene rings is 3. The molecule has 0 bridgehead atoms. The summed E-state index contributed by atoms with van der Waals surface area (Å²) in [5.41, 5.74) is 5.50. The molecule has 0 saturated heterocycles. The Morgan fingerprint density at radius 3 is 2.59 bits per heavy atom. The van der Waals surface area contributed by atoms with E-state index in [1.807, 2.05) is 67.6 Å². The van der Waals surface area contributed by atoms with Crippen LogP contribution in [0, 0.1) is 6.92 Å². The Labute approximate surface area is 197 Å². The van der Waals surface area contributed by atoms with Crippen molar-refractivity contribution in [1.82, 2.24) is 15.0 Å². The summed E-state index contributed by atoms with van der Waals surface area (Å²) in [7, 11) is 0. The summed E-state index contributed by atoms with van der Waals surface area (Å²) in [5.74, 6) is -0.226. The van der Waals surface area contributed by atoms with Crippen molar-refractivity contribution < 1.29 is 4.79 Å². The Morgan fingerprint density at radius 1 is 1.09 bits per heavy atom. The summed E-state index contributed by atoms with van der Waals surface area (Å²) in [6.07, 6.45) is 1.58. The number of nitrogens with zero attached hydrogens (tertiary/aromatic N) is 3. The number of nitrogens with one attached hydrogen (secondary N) is 1. The van der Waals surface area contributed by atoms with Gasteiger partial charge in [0.1, 0.15) is 0 Å². The lowest BCUT2D eigenvalue weighted by molar-refractivity contribution is -0.118. The first-order valence-corrected chi connectivity index (χ1v) is 11.6. The number of thioether (sulfide) groups is 1. The quantitative estimate of drug-likeness (QED) is 0.178. The molecule has 0 spiro atoms. The van der Waals surface area contributed by atoms with Crippen molar-refractivity contribution in [3.05, 3.63) is 98.7 Å². The van der Waals surface area contributed by atoms with Gasteiger partial charge in [0.25, 0.3) is 11.5 Å². The molecular weight excluding hydrogens is 488 g/mol. The molecule has 6 nitrogen and oxygen atoms in total. The number of aromatic nitrogens is 2. The highest BCUT2D eigenvalue weighted by Gasteiger charge is 2.15. The van der Waals surface area contributed by atoms with Gasteiger partial charge in [0, 0.05) is 4.47 Å². The van der Waals surface area contributed by atoms with Crippen molar-refractivity contribution >= 4 is 50.7 Å². The molecule has 160 valence electrons. The average molecular weight is 507 g/mol. The standard InChI is InChI=1S/C24H19BrN4O2S/c1-16-6-2-5-9-21(16)29-23(31)19-7-3-4-8-20(19)27-24(29)32-15-22(30)28-26-14-17-10-12-18(25)13-11-17/h2-14H,15H2,1H3,(H,28,30)/b26-14+. The van der Waals surface area contributed by atoms with Gasteiger partial charge in [-0.15, -0.1) is 0 Å². The van der Waals surface area contributed by atoms with Crippen LogP contribution >= 0.6 is 27.7 Å². The Kier molecular flexibility index (Phi) is 6.82. The second kappa shape index (κ2) is 9.93. The van der Waals surface area contributed by atoms with Crippen LogP contribution in [-0.2, 0) is 4.79 Å². The van der Waals surface area contributed by atoms with Gasteiger partial charge in [0.2, 0.25) is 0 Å². The highest BCUT2D eigenvalue weighted by Crippen LogP contribution is 2.23. The van der Waals surface area contributed by atoms with E-state index in [9.17, 15) is 9.59 Å². The van der Waals surface area contributed by atoms with Gasteiger partial charge in [-0.1, -0.05) is 70.2 Å². The van der Waals surface area contributed by atoms with Crippen molar-refractivity contribution in [2.24, 2.45) is 5.10 Å². The lowest BCUT2D eigenvalue weighted by atomic mass is 10.2. The maximum Gasteiger partial charge on any atom is 0.266 e. The summed E-state index contributed by atoms with van der Waals surface area (Å²) in [4.78, 5) is 30.3. The Balaban J connectivity index is 1.57. The molecule has 0 aliphatic heterocycles. The summed E-state index contributed by atoms with van der Waals surface area (Å²) in [6.45, 7) is 1.94. The third-order valence-corrected chi connectivity index (χ3v) is 6.17. The van der Waals surface area contributed by atoms with E-state index in [2.05, 4.69) is 31.4 Å². The maximum atomic E-state index is 13.3. The predicted octanol–water partition coefficient (Wildman–Crippen LogP) is 4.70. The van der Waals surface area contributed by atoms with Crippen LogP contribution in [0.15, 0.2) is 92.3 Å². The van der Waals surface area contributed by atoms with Crippen molar-refractivity contribution in [1.29, 1.82) is 0 Å². The maximum absolute atomic E-state index is 13.3. The summed E-state index contributed by atoms with van der Waals surface area (Å²) >= 11 is 4.58. The van der Waals surface area contributed by atoms with Crippen molar-refractivity contribution in [2.45, 2.75) is 12.1 Å². The second-order valence-electron chi connectivity index (χ2n) is 6.97. The monoisotopic (exact) mass is 506 g/mol. The first-order valence-electron chi connectivity index (χ1n) is 9.81. The van der Waals surface area contributed by atoms with E-state index in [1.165, 1.54) is 11.8 Å². The summed E-state index contributed by atoms with van der Waals surface area (Å²) < 4.78 is 2.54. The zero-order valence-electron chi connectivity index (χ0n) is 17.2. The number of amides is 1. The number of aryl methyl sites for hydroxylation is 1. The molecule has 1 aromatic heterocycles. The molecular formula is C24H19BrN4O2S. The van der Waals surface area contributed by atoms with Crippen molar-refractivity contribution in [3.8, 4) is 5.69 Å². The Hall–Kier alpha value is -3.23. The second-order valence-corrected chi connectivity index (χ2v) is 8.83. The Bertz CT molecular complexity index is 1370. The van der Waals surface area contributed by atoms with Gasteiger partial charge < -0.3 is 0 Å². The van der Waals surface area contributed by atoms with E-state index in [1.54, 1.807) is 22.9 Å². The van der Waals surface area contributed by atoms with Crippen molar-refractivity contribution in [2.75, 3.05) is 5.75 Å². The Morgan fingerprint density at radius 2 is 1.81 bits per heavy atom. The number of rotatable bonds is 6. The average Bonchev–Trinajstić information content (AvgIpc) is 2.80. The van der Waals surface area contributed by atoms with E-state index in [4.69, 9.17) is 0 Å². The highest BCUT2D eigenvalue weighted by atomic mass is 79.9. The molecule has 32 heavy (non-hydrogen) atoms. The molecule has 1 heterocycles. The van der Waals surface area contributed by atoms with Gasteiger partial charge in [0.15, 0.2) is 5.16 Å². The van der Waals surface area contributed by atoms with Crippen LogP contribution in [0.3, 0.4) is 0 Å². The number of carbonyl (C=O) groups excluding carboxylic acids is 1. The van der Waals surface area contributed by atoms with Crippen LogP contribution in [0.2, 0.25) is 0 Å². The number of halogens is 1. The van der Waals surface area contributed by atoms with E-state index < -0.39 is 0 Å². The van der Waals surface area contributed by atoms with Gasteiger partial charge >= 0.3 is 0 Å². The van der Waals surface area contributed by atoms with E-state index >= 15 is 0 Å². The fraction of sp³-hybridized carbons (Fsp3) is 0.0833. The molecule has 0 aliphatic rings. The van der Waals surface area contributed by atoms with E-state index in [0.29, 0.717) is 16.1 Å². The zero-order valence-corrected chi connectivity index (χ0v) is 19.6. The van der Waals surface area contributed by atoms with E-state index in [-0.39, 0.29) is 17.2 Å². The SMILES string of the molecule is Cc1ccccc1-n1c(SCC(=O)N/N=C/c2ccc(Br)cc2)nc2ccccc2c1=O.